The second-order valence-electron chi connectivity index (χ2n) is 5.59. The molecule has 0 aliphatic carbocycles. The van der Waals surface area contributed by atoms with E-state index in [1.165, 1.54) is 11.3 Å². The Morgan fingerprint density at radius 2 is 1.43 bits per heavy atom. The number of hydrogen-bond donors (Lipinski definition) is 2. The van der Waals surface area contributed by atoms with Gasteiger partial charge < -0.3 is 20.3 Å². The Labute approximate surface area is 142 Å². The molecule has 1 heterocycles. The molecule has 1 aliphatic heterocycles. The van der Waals surface area contributed by atoms with Gasteiger partial charge in [0.05, 0.1) is 13.2 Å². The molecule has 0 unspecified atom stereocenters. The van der Waals surface area contributed by atoms with Crippen LogP contribution in [-0.4, -0.2) is 31.4 Å². The number of anilines is 3. The summed E-state index contributed by atoms with van der Waals surface area (Å²) in [5.41, 5.74) is 4.41. The normalized spacial score (nSPS) is 14.4. The first-order chi connectivity index (χ1) is 11.2. The molecule has 0 amide bonds. The standard InChI is InChI=1S/C18H21N3OS/c1-14-2-4-15(5-3-14)19-18(23)20-16-6-8-17(9-7-16)21-10-12-22-13-11-21/h2-9H,10-13H2,1H3,(H2,19,20,23). The lowest BCUT2D eigenvalue weighted by Crippen LogP contribution is -2.36. The van der Waals surface area contributed by atoms with Crippen LogP contribution in [0.5, 0.6) is 0 Å². The molecule has 2 N–H and O–H groups in total. The van der Waals surface area contributed by atoms with Gasteiger partial charge in [-0.05, 0) is 55.5 Å². The number of thiocarbonyl (C=S) groups is 1. The van der Waals surface area contributed by atoms with Crippen LogP contribution >= 0.6 is 12.2 Å². The molecular weight excluding hydrogens is 306 g/mol. The third-order valence-corrected chi connectivity index (χ3v) is 4.01. The van der Waals surface area contributed by atoms with Crippen molar-refractivity contribution in [2.75, 3.05) is 41.8 Å². The van der Waals surface area contributed by atoms with Crippen molar-refractivity contribution in [3.8, 4) is 0 Å². The Hall–Kier alpha value is -2.11. The van der Waals surface area contributed by atoms with Gasteiger partial charge in [0.25, 0.3) is 0 Å². The van der Waals surface area contributed by atoms with E-state index in [2.05, 4.69) is 46.7 Å². The molecule has 120 valence electrons. The number of rotatable bonds is 3. The Balaban J connectivity index is 1.57. The third-order valence-electron chi connectivity index (χ3n) is 3.81. The summed E-state index contributed by atoms with van der Waals surface area (Å²) in [4.78, 5) is 2.33. The number of benzene rings is 2. The highest BCUT2D eigenvalue weighted by Gasteiger charge is 2.10. The van der Waals surface area contributed by atoms with Crippen molar-refractivity contribution < 1.29 is 4.74 Å². The number of nitrogens with zero attached hydrogens (tertiary/aromatic N) is 1. The molecule has 4 nitrogen and oxygen atoms in total. The van der Waals surface area contributed by atoms with Crippen molar-refractivity contribution in [3.05, 3.63) is 54.1 Å². The Kier molecular flexibility index (Phi) is 5.10. The summed E-state index contributed by atoms with van der Waals surface area (Å²) in [5, 5.41) is 6.99. The van der Waals surface area contributed by atoms with Crippen LogP contribution in [0.15, 0.2) is 48.5 Å². The van der Waals surface area contributed by atoms with Crippen LogP contribution in [0.3, 0.4) is 0 Å². The minimum atomic E-state index is 0.591. The van der Waals surface area contributed by atoms with E-state index < -0.39 is 0 Å². The van der Waals surface area contributed by atoms with Crippen molar-refractivity contribution in [3.63, 3.8) is 0 Å². The molecule has 5 heteroatoms. The topological polar surface area (TPSA) is 36.5 Å². The van der Waals surface area contributed by atoms with E-state index in [1.807, 2.05) is 24.3 Å². The van der Waals surface area contributed by atoms with E-state index in [0.29, 0.717) is 5.11 Å². The zero-order valence-electron chi connectivity index (χ0n) is 13.2. The lowest BCUT2D eigenvalue weighted by molar-refractivity contribution is 0.122. The zero-order chi connectivity index (χ0) is 16.1. The van der Waals surface area contributed by atoms with Gasteiger partial charge in [0.15, 0.2) is 5.11 Å². The van der Waals surface area contributed by atoms with E-state index in [-0.39, 0.29) is 0 Å². The van der Waals surface area contributed by atoms with Gasteiger partial charge in [-0.2, -0.15) is 0 Å². The van der Waals surface area contributed by atoms with Gasteiger partial charge in [-0.15, -0.1) is 0 Å². The van der Waals surface area contributed by atoms with Crippen molar-refractivity contribution in [2.24, 2.45) is 0 Å². The van der Waals surface area contributed by atoms with E-state index in [0.717, 1.165) is 37.7 Å². The van der Waals surface area contributed by atoms with Gasteiger partial charge in [0, 0.05) is 30.2 Å². The summed E-state index contributed by atoms with van der Waals surface area (Å²) in [5.74, 6) is 0. The minimum absolute atomic E-state index is 0.591. The zero-order valence-corrected chi connectivity index (χ0v) is 14.0. The molecule has 2 aromatic carbocycles. The molecular formula is C18H21N3OS. The van der Waals surface area contributed by atoms with Crippen LogP contribution in [0.4, 0.5) is 17.1 Å². The summed E-state index contributed by atoms with van der Waals surface area (Å²) in [6, 6.07) is 16.5. The fraction of sp³-hybridized carbons (Fsp3) is 0.278. The fourth-order valence-electron chi connectivity index (χ4n) is 2.51. The number of hydrogen-bond acceptors (Lipinski definition) is 3. The predicted molar refractivity (Wildman–Crippen MR) is 100 cm³/mol. The highest BCUT2D eigenvalue weighted by atomic mass is 32.1. The van der Waals surface area contributed by atoms with Crippen LogP contribution in [0.2, 0.25) is 0 Å². The highest BCUT2D eigenvalue weighted by Crippen LogP contribution is 2.19. The SMILES string of the molecule is Cc1ccc(NC(=S)Nc2ccc(N3CCOCC3)cc2)cc1. The summed E-state index contributed by atoms with van der Waals surface area (Å²) < 4.78 is 5.38. The van der Waals surface area contributed by atoms with Crippen LogP contribution < -0.4 is 15.5 Å². The maximum Gasteiger partial charge on any atom is 0.175 e. The van der Waals surface area contributed by atoms with Crippen LogP contribution in [0.25, 0.3) is 0 Å². The first kappa shape index (κ1) is 15.8. The molecule has 0 atom stereocenters. The molecule has 0 bridgehead atoms. The van der Waals surface area contributed by atoms with Gasteiger partial charge in [0.1, 0.15) is 0 Å². The molecule has 1 fully saturated rings. The second kappa shape index (κ2) is 7.44. The van der Waals surface area contributed by atoms with Crippen molar-refractivity contribution >= 4 is 34.4 Å². The van der Waals surface area contributed by atoms with E-state index >= 15 is 0 Å². The van der Waals surface area contributed by atoms with E-state index in [4.69, 9.17) is 17.0 Å². The maximum absolute atomic E-state index is 5.38. The molecule has 0 saturated carbocycles. The first-order valence-electron chi connectivity index (χ1n) is 7.78. The first-order valence-corrected chi connectivity index (χ1v) is 8.19. The summed E-state index contributed by atoms with van der Waals surface area (Å²) in [6.45, 7) is 5.55. The molecule has 3 rings (SSSR count). The van der Waals surface area contributed by atoms with Gasteiger partial charge in [-0.3, -0.25) is 0 Å². The molecule has 23 heavy (non-hydrogen) atoms. The summed E-state index contributed by atoms with van der Waals surface area (Å²) in [7, 11) is 0. The number of nitrogens with one attached hydrogen (secondary N) is 2. The second-order valence-corrected chi connectivity index (χ2v) is 6.00. The monoisotopic (exact) mass is 327 g/mol. The van der Waals surface area contributed by atoms with Crippen LogP contribution in [0.1, 0.15) is 5.56 Å². The number of morpholine rings is 1. The largest absolute Gasteiger partial charge is 0.378 e. The van der Waals surface area contributed by atoms with Crippen molar-refractivity contribution in [1.29, 1.82) is 0 Å². The Bertz CT molecular complexity index is 649. The average Bonchev–Trinajstić information content (AvgIpc) is 2.58. The maximum atomic E-state index is 5.38. The molecule has 0 aromatic heterocycles. The molecule has 0 radical (unpaired) electrons. The Morgan fingerprint density at radius 3 is 2.00 bits per heavy atom. The van der Waals surface area contributed by atoms with Gasteiger partial charge in [-0.1, -0.05) is 17.7 Å². The summed E-state index contributed by atoms with van der Waals surface area (Å²) >= 11 is 5.36. The van der Waals surface area contributed by atoms with E-state index in [9.17, 15) is 0 Å². The summed E-state index contributed by atoms with van der Waals surface area (Å²) in [6.07, 6.45) is 0. The molecule has 1 saturated heterocycles. The third kappa shape index (κ3) is 4.43. The van der Waals surface area contributed by atoms with Crippen molar-refractivity contribution in [2.45, 2.75) is 6.92 Å². The van der Waals surface area contributed by atoms with Gasteiger partial charge in [0.2, 0.25) is 0 Å². The van der Waals surface area contributed by atoms with E-state index in [1.54, 1.807) is 0 Å². The van der Waals surface area contributed by atoms with Crippen LogP contribution in [-0.2, 0) is 4.74 Å². The van der Waals surface area contributed by atoms with Gasteiger partial charge in [-0.25, -0.2) is 0 Å². The molecule has 0 spiro atoms. The fourth-order valence-corrected chi connectivity index (χ4v) is 2.74. The lowest BCUT2D eigenvalue weighted by Gasteiger charge is -2.29. The van der Waals surface area contributed by atoms with Crippen molar-refractivity contribution in [1.82, 2.24) is 0 Å². The highest BCUT2D eigenvalue weighted by molar-refractivity contribution is 7.80. The quantitative estimate of drug-likeness (QED) is 0.842. The molecule has 1 aliphatic rings. The number of ether oxygens (including phenoxy) is 1. The number of aryl methyl sites for hydroxylation is 1. The molecule has 2 aromatic rings. The van der Waals surface area contributed by atoms with Gasteiger partial charge >= 0.3 is 0 Å². The smallest absolute Gasteiger partial charge is 0.175 e. The minimum Gasteiger partial charge on any atom is -0.378 e. The predicted octanol–water partition coefficient (Wildman–Crippen LogP) is 3.64. The van der Waals surface area contributed by atoms with Crippen LogP contribution in [0, 0.1) is 6.92 Å². The lowest BCUT2D eigenvalue weighted by atomic mass is 10.2. The average molecular weight is 327 g/mol. The Morgan fingerprint density at radius 1 is 0.913 bits per heavy atom.